The molecule has 0 aliphatic carbocycles. The average molecular weight is 356 g/mol. The van der Waals surface area contributed by atoms with Gasteiger partial charge in [-0.2, -0.15) is 0 Å². The number of amides is 1. The lowest BCUT2D eigenvalue weighted by Gasteiger charge is -2.42. The Labute approximate surface area is 155 Å². The van der Waals surface area contributed by atoms with Gasteiger partial charge in [0.15, 0.2) is 0 Å². The predicted octanol–water partition coefficient (Wildman–Crippen LogP) is 3.85. The number of hydrogen-bond donors (Lipinski definition) is 3. The third-order valence-electron chi connectivity index (χ3n) is 4.28. The van der Waals surface area contributed by atoms with Crippen molar-refractivity contribution in [1.29, 1.82) is 0 Å². The Hall–Kier alpha value is -2.53. The van der Waals surface area contributed by atoms with Crippen LogP contribution in [0, 0.1) is 0 Å². The molecule has 0 aliphatic rings. The van der Waals surface area contributed by atoms with E-state index in [2.05, 4.69) is 5.32 Å². The van der Waals surface area contributed by atoms with Crippen molar-refractivity contribution in [2.24, 2.45) is 0 Å². The van der Waals surface area contributed by atoms with Gasteiger partial charge in [0, 0.05) is 17.8 Å². The summed E-state index contributed by atoms with van der Waals surface area (Å²) < 4.78 is 0. The van der Waals surface area contributed by atoms with Gasteiger partial charge >= 0.3 is 6.09 Å². The number of aliphatic hydroxyl groups excluding tert-OH is 1. The number of carbonyl (C=O) groups is 1. The van der Waals surface area contributed by atoms with Crippen LogP contribution in [0.5, 0.6) is 0 Å². The summed E-state index contributed by atoms with van der Waals surface area (Å²) in [7, 11) is 0. The summed E-state index contributed by atoms with van der Waals surface area (Å²) in [4.78, 5) is 13.3. The molecule has 5 heteroatoms. The minimum atomic E-state index is -1.03. The molecule has 0 aliphatic heterocycles. The van der Waals surface area contributed by atoms with Crippen molar-refractivity contribution in [3.63, 3.8) is 0 Å². The molecule has 0 spiro atoms. The normalized spacial score (nSPS) is 13.7. The number of nitrogens with one attached hydrogen (secondary N) is 1. The molecule has 0 heterocycles. The van der Waals surface area contributed by atoms with Gasteiger partial charge < -0.3 is 15.5 Å². The second-order valence-corrected chi connectivity index (χ2v) is 7.39. The Kier molecular flexibility index (Phi) is 6.64. The van der Waals surface area contributed by atoms with Gasteiger partial charge in [-0.1, -0.05) is 48.5 Å². The van der Waals surface area contributed by atoms with Gasteiger partial charge in [-0.05, 0) is 44.9 Å². The van der Waals surface area contributed by atoms with Gasteiger partial charge in [0.05, 0.1) is 12.1 Å². The van der Waals surface area contributed by atoms with E-state index in [1.54, 1.807) is 0 Å². The Morgan fingerprint density at radius 2 is 1.58 bits per heavy atom. The first-order valence-electron chi connectivity index (χ1n) is 8.82. The molecule has 1 amide bonds. The van der Waals surface area contributed by atoms with E-state index in [4.69, 9.17) is 0 Å². The molecule has 2 aromatic rings. The van der Waals surface area contributed by atoms with E-state index in [1.165, 1.54) is 4.90 Å². The highest BCUT2D eigenvalue weighted by Gasteiger charge is 2.37. The van der Waals surface area contributed by atoms with E-state index >= 15 is 0 Å². The summed E-state index contributed by atoms with van der Waals surface area (Å²) in [6.45, 7) is 5.80. The van der Waals surface area contributed by atoms with Crippen LogP contribution in [0.25, 0.3) is 0 Å². The molecule has 0 saturated carbocycles. The van der Waals surface area contributed by atoms with Crippen molar-refractivity contribution in [1.82, 2.24) is 4.90 Å². The highest BCUT2D eigenvalue weighted by molar-refractivity contribution is 5.66. The molecular formula is C21H28N2O3. The standard InChI is InChI=1S/C21H28N2O3/c1-21(2,3)23(20(25)26)18(14-16-10-6-4-7-11-16)19(24)15-22-17-12-8-5-9-13-17/h4-13,18-19,22,24H,14-15H2,1-3H3,(H,25,26)/t18-,19-/m0/s1. The Bertz CT molecular complexity index is 683. The zero-order valence-corrected chi connectivity index (χ0v) is 15.6. The molecule has 2 atom stereocenters. The number of benzene rings is 2. The molecule has 0 saturated heterocycles. The first-order valence-corrected chi connectivity index (χ1v) is 8.82. The predicted molar refractivity (Wildman–Crippen MR) is 104 cm³/mol. The maximum atomic E-state index is 12.0. The minimum Gasteiger partial charge on any atom is -0.465 e. The maximum absolute atomic E-state index is 12.0. The van der Waals surface area contributed by atoms with E-state index in [9.17, 15) is 15.0 Å². The smallest absolute Gasteiger partial charge is 0.408 e. The number of hydrogen-bond acceptors (Lipinski definition) is 3. The Morgan fingerprint density at radius 3 is 2.08 bits per heavy atom. The molecule has 0 unspecified atom stereocenters. The topological polar surface area (TPSA) is 72.8 Å². The Balaban J connectivity index is 2.21. The molecule has 2 rings (SSSR count). The summed E-state index contributed by atoms with van der Waals surface area (Å²) in [6, 6.07) is 18.7. The summed E-state index contributed by atoms with van der Waals surface area (Å²) >= 11 is 0. The number of para-hydroxylation sites is 1. The van der Waals surface area contributed by atoms with Crippen LogP contribution in [0.15, 0.2) is 60.7 Å². The monoisotopic (exact) mass is 356 g/mol. The van der Waals surface area contributed by atoms with Crippen LogP contribution in [0.2, 0.25) is 0 Å². The van der Waals surface area contributed by atoms with Crippen LogP contribution in [0.4, 0.5) is 10.5 Å². The van der Waals surface area contributed by atoms with E-state index in [1.807, 2.05) is 81.4 Å². The quantitative estimate of drug-likeness (QED) is 0.704. The SMILES string of the molecule is CC(C)(C)N(C(=O)O)[C@@H](Cc1ccccc1)[C@@H](O)CNc1ccccc1. The van der Waals surface area contributed by atoms with Gasteiger partial charge in [0.25, 0.3) is 0 Å². The molecule has 0 bridgehead atoms. The van der Waals surface area contributed by atoms with E-state index in [0.29, 0.717) is 6.42 Å². The van der Waals surface area contributed by atoms with Crippen molar-refractivity contribution in [3.05, 3.63) is 66.2 Å². The fourth-order valence-corrected chi connectivity index (χ4v) is 3.10. The molecule has 0 aromatic heterocycles. The molecule has 5 nitrogen and oxygen atoms in total. The largest absolute Gasteiger partial charge is 0.465 e. The molecule has 0 radical (unpaired) electrons. The average Bonchev–Trinajstić information content (AvgIpc) is 2.59. The lowest BCUT2D eigenvalue weighted by Crippen LogP contribution is -2.57. The Morgan fingerprint density at radius 1 is 1.04 bits per heavy atom. The third kappa shape index (κ3) is 5.49. The fraction of sp³-hybridized carbons (Fsp3) is 0.381. The zero-order chi connectivity index (χ0) is 19.2. The highest BCUT2D eigenvalue weighted by Crippen LogP contribution is 2.23. The number of carboxylic acid groups (broad SMARTS) is 1. The van der Waals surface area contributed by atoms with E-state index < -0.39 is 23.8 Å². The van der Waals surface area contributed by atoms with Crippen LogP contribution in [0.1, 0.15) is 26.3 Å². The summed E-state index contributed by atoms with van der Waals surface area (Å²) in [5, 5.41) is 23.8. The number of nitrogens with zero attached hydrogens (tertiary/aromatic N) is 1. The molecule has 2 aromatic carbocycles. The fourth-order valence-electron chi connectivity index (χ4n) is 3.10. The van der Waals surface area contributed by atoms with Gasteiger partial charge in [-0.15, -0.1) is 0 Å². The van der Waals surface area contributed by atoms with Gasteiger partial charge in [-0.25, -0.2) is 4.79 Å². The lowest BCUT2D eigenvalue weighted by atomic mass is 9.94. The van der Waals surface area contributed by atoms with Crippen LogP contribution in [-0.2, 0) is 6.42 Å². The number of rotatable bonds is 7. The highest BCUT2D eigenvalue weighted by atomic mass is 16.4. The lowest BCUT2D eigenvalue weighted by molar-refractivity contribution is 0.0124. The van der Waals surface area contributed by atoms with Crippen LogP contribution in [0.3, 0.4) is 0 Å². The first-order chi connectivity index (χ1) is 12.3. The first kappa shape index (κ1) is 19.8. The number of anilines is 1. The number of aliphatic hydroxyl groups is 1. The van der Waals surface area contributed by atoms with Gasteiger partial charge in [0.1, 0.15) is 0 Å². The molecule has 26 heavy (non-hydrogen) atoms. The second kappa shape index (κ2) is 8.72. The van der Waals surface area contributed by atoms with Crippen molar-refractivity contribution in [2.75, 3.05) is 11.9 Å². The van der Waals surface area contributed by atoms with Crippen molar-refractivity contribution < 1.29 is 15.0 Å². The van der Waals surface area contributed by atoms with E-state index in [-0.39, 0.29) is 6.54 Å². The molecule has 140 valence electrons. The van der Waals surface area contributed by atoms with Gasteiger partial charge in [-0.3, -0.25) is 4.90 Å². The summed E-state index contributed by atoms with van der Waals surface area (Å²) in [5.74, 6) is 0. The van der Waals surface area contributed by atoms with Crippen molar-refractivity contribution in [3.8, 4) is 0 Å². The van der Waals surface area contributed by atoms with Crippen LogP contribution < -0.4 is 5.32 Å². The van der Waals surface area contributed by atoms with Gasteiger partial charge in [0.2, 0.25) is 0 Å². The van der Waals surface area contributed by atoms with Crippen molar-refractivity contribution >= 4 is 11.8 Å². The summed E-state index contributed by atoms with van der Waals surface area (Å²) in [5.41, 5.74) is 1.26. The van der Waals surface area contributed by atoms with Crippen molar-refractivity contribution in [2.45, 2.75) is 44.9 Å². The van der Waals surface area contributed by atoms with E-state index in [0.717, 1.165) is 11.3 Å². The van der Waals surface area contributed by atoms with Crippen LogP contribution >= 0.6 is 0 Å². The third-order valence-corrected chi connectivity index (χ3v) is 4.28. The molecule has 0 fully saturated rings. The zero-order valence-electron chi connectivity index (χ0n) is 15.6. The van der Waals surface area contributed by atoms with Crippen LogP contribution in [-0.4, -0.2) is 45.4 Å². The molecule has 3 N–H and O–H groups in total. The molecular weight excluding hydrogens is 328 g/mol. The minimum absolute atomic E-state index is 0.265. The maximum Gasteiger partial charge on any atom is 0.408 e. The summed E-state index contributed by atoms with van der Waals surface area (Å²) in [6.07, 6.45) is -1.44. The second-order valence-electron chi connectivity index (χ2n) is 7.39.